The molecular weight excluding hydrogens is 202 g/mol. The van der Waals surface area contributed by atoms with Gasteiger partial charge in [-0.2, -0.15) is 0 Å². The highest BCUT2D eigenvalue weighted by atomic mass is 16.6. The molecule has 0 saturated carbocycles. The van der Waals surface area contributed by atoms with Crippen molar-refractivity contribution < 1.29 is 9.53 Å². The quantitative estimate of drug-likeness (QED) is 0.730. The first-order valence-electron chi connectivity index (χ1n) is 5.66. The van der Waals surface area contributed by atoms with E-state index >= 15 is 0 Å². The Labute approximate surface area is 97.3 Å². The number of nitrogens with two attached hydrogens (primary N) is 1. The smallest absolute Gasteiger partial charge is 0.315 e. The number of allylic oxidation sites excluding steroid dienone is 2. The molecular formula is C13H21NO2. The fraction of sp³-hybridized carbons (Fsp3) is 0.615. The lowest BCUT2D eigenvalue weighted by Gasteiger charge is -2.34. The molecule has 0 fully saturated rings. The van der Waals surface area contributed by atoms with Crippen molar-refractivity contribution in [1.29, 1.82) is 0 Å². The van der Waals surface area contributed by atoms with Crippen LogP contribution in [0, 0.1) is 5.92 Å². The van der Waals surface area contributed by atoms with Crippen molar-refractivity contribution in [2.45, 2.75) is 45.3 Å². The zero-order valence-electron chi connectivity index (χ0n) is 10.5. The molecule has 16 heavy (non-hydrogen) atoms. The van der Waals surface area contributed by atoms with Crippen LogP contribution in [0.1, 0.15) is 34.1 Å². The maximum absolute atomic E-state index is 12.0. The van der Waals surface area contributed by atoms with Gasteiger partial charge in [0.2, 0.25) is 0 Å². The molecule has 2 atom stereocenters. The number of carbonyl (C=O) groups is 1. The normalized spacial score (nSPS) is 29.2. The molecule has 90 valence electrons. The zero-order valence-corrected chi connectivity index (χ0v) is 10.5. The van der Waals surface area contributed by atoms with Crippen LogP contribution in [-0.2, 0) is 9.53 Å². The fourth-order valence-electron chi connectivity index (χ4n) is 1.69. The first-order valence-corrected chi connectivity index (χ1v) is 5.66. The van der Waals surface area contributed by atoms with Crippen LogP contribution in [0.2, 0.25) is 0 Å². The molecule has 0 amide bonds. The van der Waals surface area contributed by atoms with Gasteiger partial charge in [-0.25, -0.2) is 0 Å². The lowest BCUT2D eigenvalue weighted by atomic mass is 9.79. The molecule has 1 aliphatic rings. The number of hydrogen-bond acceptors (Lipinski definition) is 3. The molecule has 0 aromatic carbocycles. The third kappa shape index (κ3) is 2.95. The van der Waals surface area contributed by atoms with Crippen molar-refractivity contribution in [2.24, 2.45) is 11.7 Å². The van der Waals surface area contributed by atoms with Gasteiger partial charge < -0.3 is 10.5 Å². The van der Waals surface area contributed by atoms with Crippen LogP contribution in [-0.4, -0.2) is 17.1 Å². The maximum atomic E-state index is 12.0. The minimum atomic E-state index is -0.614. The van der Waals surface area contributed by atoms with Gasteiger partial charge in [0.25, 0.3) is 0 Å². The molecule has 2 N–H and O–H groups in total. The van der Waals surface area contributed by atoms with E-state index < -0.39 is 11.1 Å². The molecule has 0 aromatic rings. The van der Waals surface area contributed by atoms with Gasteiger partial charge in [0.05, 0.1) is 11.5 Å². The third-order valence-electron chi connectivity index (χ3n) is 2.67. The average Bonchev–Trinajstić information content (AvgIpc) is 2.15. The standard InChI is InChI=1S/C13H21NO2/c1-5-13(14)9-7-6-8-10(13)11(15)16-12(2,3)4/h6-10H,5,14H2,1-4H3/t10?,13-/m1/s1. The predicted molar refractivity (Wildman–Crippen MR) is 64.8 cm³/mol. The van der Waals surface area contributed by atoms with Gasteiger partial charge in [0.15, 0.2) is 0 Å². The van der Waals surface area contributed by atoms with Crippen molar-refractivity contribution in [3.8, 4) is 0 Å². The predicted octanol–water partition coefficient (Wildman–Crippen LogP) is 2.18. The van der Waals surface area contributed by atoms with Crippen LogP contribution in [0.25, 0.3) is 0 Å². The summed E-state index contributed by atoms with van der Waals surface area (Å²) in [4.78, 5) is 12.0. The second-order valence-electron chi connectivity index (χ2n) is 5.22. The van der Waals surface area contributed by atoms with E-state index in [1.165, 1.54) is 0 Å². The van der Waals surface area contributed by atoms with Gasteiger partial charge in [-0.15, -0.1) is 0 Å². The van der Waals surface area contributed by atoms with Crippen molar-refractivity contribution in [2.75, 3.05) is 0 Å². The highest BCUT2D eigenvalue weighted by Crippen LogP contribution is 2.27. The summed E-state index contributed by atoms with van der Waals surface area (Å²) in [5.74, 6) is -0.640. The Morgan fingerprint density at radius 1 is 1.44 bits per heavy atom. The van der Waals surface area contributed by atoms with Crippen LogP contribution in [0.5, 0.6) is 0 Å². The zero-order chi connectivity index (χ0) is 12.4. The third-order valence-corrected chi connectivity index (χ3v) is 2.67. The Morgan fingerprint density at radius 3 is 2.56 bits per heavy atom. The summed E-state index contributed by atoms with van der Waals surface area (Å²) in [6.45, 7) is 7.55. The first-order chi connectivity index (χ1) is 7.28. The summed E-state index contributed by atoms with van der Waals surface area (Å²) in [6, 6.07) is 0. The number of ether oxygens (including phenoxy) is 1. The van der Waals surface area contributed by atoms with Crippen LogP contribution in [0.15, 0.2) is 24.3 Å². The topological polar surface area (TPSA) is 52.3 Å². The second-order valence-corrected chi connectivity index (χ2v) is 5.22. The molecule has 0 heterocycles. The van der Waals surface area contributed by atoms with Crippen LogP contribution in [0.3, 0.4) is 0 Å². The van der Waals surface area contributed by atoms with E-state index in [1.807, 2.05) is 52.0 Å². The minimum Gasteiger partial charge on any atom is -0.459 e. The number of rotatable bonds is 2. The van der Waals surface area contributed by atoms with Crippen LogP contribution < -0.4 is 5.73 Å². The van der Waals surface area contributed by atoms with Gasteiger partial charge in [-0.3, -0.25) is 4.79 Å². The minimum absolute atomic E-state index is 0.252. The molecule has 3 heteroatoms. The van der Waals surface area contributed by atoms with E-state index in [9.17, 15) is 4.79 Å². The lowest BCUT2D eigenvalue weighted by Crippen LogP contribution is -2.49. The van der Waals surface area contributed by atoms with E-state index in [-0.39, 0.29) is 11.9 Å². The fourth-order valence-corrected chi connectivity index (χ4v) is 1.69. The van der Waals surface area contributed by atoms with Gasteiger partial charge >= 0.3 is 5.97 Å². The molecule has 1 rings (SSSR count). The summed E-state index contributed by atoms with van der Waals surface area (Å²) in [7, 11) is 0. The van der Waals surface area contributed by atoms with E-state index in [2.05, 4.69) is 0 Å². The second kappa shape index (κ2) is 4.42. The molecule has 1 unspecified atom stereocenters. The Balaban J connectivity index is 2.83. The summed E-state index contributed by atoms with van der Waals surface area (Å²) in [5, 5.41) is 0. The Bertz CT molecular complexity index is 325. The van der Waals surface area contributed by atoms with Crippen molar-refractivity contribution in [3.05, 3.63) is 24.3 Å². The molecule has 0 spiro atoms. The maximum Gasteiger partial charge on any atom is 0.315 e. The van der Waals surface area contributed by atoms with E-state index in [0.717, 1.165) is 0 Å². The Hall–Kier alpha value is -1.09. The van der Waals surface area contributed by atoms with Gasteiger partial charge in [0, 0.05) is 0 Å². The number of carbonyl (C=O) groups excluding carboxylic acids is 1. The highest BCUT2D eigenvalue weighted by molar-refractivity contribution is 5.77. The van der Waals surface area contributed by atoms with Crippen molar-refractivity contribution >= 4 is 5.97 Å². The van der Waals surface area contributed by atoms with Crippen LogP contribution >= 0.6 is 0 Å². The van der Waals surface area contributed by atoms with E-state index in [4.69, 9.17) is 10.5 Å². The molecule has 1 aliphatic carbocycles. The average molecular weight is 223 g/mol. The molecule has 3 nitrogen and oxygen atoms in total. The Morgan fingerprint density at radius 2 is 2.06 bits per heavy atom. The van der Waals surface area contributed by atoms with Crippen molar-refractivity contribution in [3.63, 3.8) is 0 Å². The summed E-state index contributed by atoms with van der Waals surface area (Å²) in [5.41, 5.74) is 5.10. The highest BCUT2D eigenvalue weighted by Gasteiger charge is 2.38. The summed E-state index contributed by atoms with van der Waals surface area (Å²) < 4.78 is 5.37. The molecule has 0 radical (unpaired) electrons. The monoisotopic (exact) mass is 223 g/mol. The van der Waals surface area contributed by atoms with Crippen molar-refractivity contribution in [1.82, 2.24) is 0 Å². The van der Waals surface area contributed by atoms with Gasteiger partial charge in [0.1, 0.15) is 5.60 Å². The Kier molecular flexibility index (Phi) is 3.58. The van der Waals surface area contributed by atoms with Crippen LogP contribution in [0.4, 0.5) is 0 Å². The molecule has 0 aromatic heterocycles. The summed E-state index contributed by atoms with van der Waals surface area (Å²) in [6.07, 6.45) is 8.12. The first kappa shape index (κ1) is 13.0. The van der Waals surface area contributed by atoms with Gasteiger partial charge in [-0.05, 0) is 27.2 Å². The molecule has 0 bridgehead atoms. The number of hydrogen-bond donors (Lipinski definition) is 1. The lowest BCUT2D eigenvalue weighted by molar-refractivity contribution is -0.159. The van der Waals surface area contributed by atoms with E-state index in [0.29, 0.717) is 6.42 Å². The van der Waals surface area contributed by atoms with E-state index in [1.54, 1.807) is 0 Å². The largest absolute Gasteiger partial charge is 0.459 e. The molecule has 0 aliphatic heterocycles. The molecule has 0 saturated heterocycles. The van der Waals surface area contributed by atoms with Gasteiger partial charge in [-0.1, -0.05) is 31.2 Å². The number of esters is 1. The SMILES string of the molecule is CC[C@@]1(N)C=CC=CC1C(=O)OC(C)(C)C. The summed E-state index contributed by atoms with van der Waals surface area (Å²) >= 11 is 0.